The van der Waals surface area contributed by atoms with E-state index in [1.54, 1.807) is 0 Å². The molecular weight excluding hydrogens is 264 g/mol. The van der Waals surface area contributed by atoms with Crippen LogP contribution in [-0.4, -0.2) is 46.3 Å². The Labute approximate surface area is 126 Å². The molecule has 2 saturated heterocycles. The van der Waals surface area contributed by atoms with Crippen LogP contribution in [0.15, 0.2) is 6.07 Å². The smallest absolute Gasteiger partial charge is 0.272 e. The fraction of sp³-hybridized carbons (Fsp3) is 0.750. The Morgan fingerprint density at radius 1 is 1.38 bits per heavy atom. The molecule has 0 saturated carbocycles. The lowest BCUT2D eigenvalue weighted by Gasteiger charge is -2.34. The van der Waals surface area contributed by atoms with E-state index >= 15 is 0 Å². The number of rotatable bonds is 3. The van der Waals surface area contributed by atoms with Gasteiger partial charge in [0, 0.05) is 19.1 Å². The minimum atomic E-state index is 0.179. The number of carbonyl (C=O) groups excluding carboxylic acids is 1. The Morgan fingerprint density at radius 2 is 2.14 bits per heavy atom. The van der Waals surface area contributed by atoms with Crippen LogP contribution >= 0.6 is 0 Å². The highest BCUT2D eigenvalue weighted by Gasteiger charge is 2.36. The second kappa shape index (κ2) is 6.18. The van der Waals surface area contributed by atoms with Crippen molar-refractivity contribution in [2.75, 3.05) is 19.6 Å². The van der Waals surface area contributed by atoms with E-state index in [2.05, 4.69) is 15.3 Å². The lowest BCUT2D eigenvalue weighted by Crippen LogP contribution is -2.44. The second-order valence-corrected chi connectivity index (χ2v) is 6.28. The van der Waals surface area contributed by atoms with Crippen LogP contribution in [0.2, 0.25) is 0 Å². The van der Waals surface area contributed by atoms with E-state index in [0.717, 1.165) is 50.4 Å². The van der Waals surface area contributed by atoms with Crippen LogP contribution in [0, 0.1) is 12.8 Å². The number of likely N-dealkylation sites (tertiary alicyclic amines) is 1. The highest BCUT2D eigenvalue weighted by atomic mass is 16.2. The van der Waals surface area contributed by atoms with Crippen molar-refractivity contribution in [3.05, 3.63) is 17.5 Å². The van der Waals surface area contributed by atoms with E-state index in [-0.39, 0.29) is 5.91 Å². The minimum Gasteiger partial charge on any atom is -0.334 e. The summed E-state index contributed by atoms with van der Waals surface area (Å²) in [5, 5.41) is 7.84. The van der Waals surface area contributed by atoms with Gasteiger partial charge < -0.3 is 10.2 Å². The number of carbonyl (C=O) groups is 1. The number of aromatic nitrogens is 2. The molecule has 2 aliphatic heterocycles. The lowest BCUT2D eigenvalue weighted by atomic mass is 9.88. The Balaban J connectivity index is 1.79. The lowest BCUT2D eigenvalue weighted by molar-refractivity contribution is 0.0654. The zero-order chi connectivity index (χ0) is 14.8. The molecule has 0 aliphatic carbocycles. The van der Waals surface area contributed by atoms with E-state index < -0.39 is 0 Å². The molecule has 5 nitrogen and oxygen atoms in total. The standard InChI is InChI=1S/C16H26N4O/c1-3-20-15(11-12(2)18-20)16(21)19-10-4-5-14(19)13-6-8-17-9-7-13/h11,13-14,17H,3-10H2,1-2H3. The zero-order valence-corrected chi connectivity index (χ0v) is 13.1. The number of nitrogens with zero attached hydrogens (tertiary/aromatic N) is 3. The maximum absolute atomic E-state index is 12.9. The van der Waals surface area contributed by atoms with E-state index in [1.165, 1.54) is 12.8 Å². The van der Waals surface area contributed by atoms with Gasteiger partial charge in [0.05, 0.1) is 5.69 Å². The van der Waals surface area contributed by atoms with Crippen LogP contribution in [-0.2, 0) is 6.54 Å². The second-order valence-electron chi connectivity index (χ2n) is 6.28. The molecule has 0 bridgehead atoms. The summed E-state index contributed by atoms with van der Waals surface area (Å²) in [5.41, 5.74) is 1.69. The molecular formula is C16H26N4O. The highest BCUT2D eigenvalue weighted by molar-refractivity contribution is 5.93. The average molecular weight is 290 g/mol. The normalized spacial score (nSPS) is 23.7. The summed E-state index contributed by atoms with van der Waals surface area (Å²) >= 11 is 0. The first-order chi connectivity index (χ1) is 10.2. The highest BCUT2D eigenvalue weighted by Crippen LogP contribution is 2.30. The van der Waals surface area contributed by atoms with Gasteiger partial charge in [0.25, 0.3) is 5.91 Å². The van der Waals surface area contributed by atoms with Gasteiger partial charge in [0.2, 0.25) is 0 Å². The summed E-state index contributed by atoms with van der Waals surface area (Å²) in [5.74, 6) is 0.843. The Hall–Kier alpha value is -1.36. The van der Waals surface area contributed by atoms with Crippen molar-refractivity contribution in [1.29, 1.82) is 0 Å². The largest absolute Gasteiger partial charge is 0.334 e. The topological polar surface area (TPSA) is 50.2 Å². The molecule has 2 aliphatic rings. The van der Waals surface area contributed by atoms with E-state index in [4.69, 9.17) is 0 Å². The van der Waals surface area contributed by atoms with Gasteiger partial charge in [-0.2, -0.15) is 5.10 Å². The Kier molecular flexibility index (Phi) is 4.29. The monoisotopic (exact) mass is 290 g/mol. The molecule has 21 heavy (non-hydrogen) atoms. The van der Waals surface area contributed by atoms with Gasteiger partial charge in [-0.25, -0.2) is 0 Å². The van der Waals surface area contributed by atoms with Crippen LogP contribution in [0.5, 0.6) is 0 Å². The third kappa shape index (κ3) is 2.84. The molecule has 2 fully saturated rings. The first-order valence-corrected chi connectivity index (χ1v) is 8.27. The van der Waals surface area contributed by atoms with Crippen molar-refractivity contribution < 1.29 is 4.79 Å². The van der Waals surface area contributed by atoms with Gasteiger partial charge >= 0.3 is 0 Å². The van der Waals surface area contributed by atoms with Crippen LogP contribution in [0.25, 0.3) is 0 Å². The van der Waals surface area contributed by atoms with Gasteiger partial charge in [-0.1, -0.05) is 0 Å². The van der Waals surface area contributed by atoms with Gasteiger partial charge in [0.15, 0.2) is 0 Å². The molecule has 1 atom stereocenters. The molecule has 1 aromatic heterocycles. The fourth-order valence-electron chi connectivity index (χ4n) is 3.87. The van der Waals surface area contributed by atoms with Crippen LogP contribution in [0.1, 0.15) is 48.8 Å². The van der Waals surface area contributed by atoms with Crippen molar-refractivity contribution in [2.24, 2.45) is 5.92 Å². The number of nitrogens with one attached hydrogen (secondary N) is 1. The predicted molar refractivity (Wildman–Crippen MR) is 82.3 cm³/mol. The first-order valence-electron chi connectivity index (χ1n) is 8.27. The van der Waals surface area contributed by atoms with Crippen molar-refractivity contribution in [3.8, 4) is 0 Å². The quantitative estimate of drug-likeness (QED) is 0.924. The van der Waals surface area contributed by atoms with E-state index in [9.17, 15) is 4.79 Å². The molecule has 5 heteroatoms. The summed E-state index contributed by atoms with van der Waals surface area (Å²) in [6.07, 6.45) is 4.69. The van der Waals surface area contributed by atoms with Crippen molar-refractivity contribution in [1.82, 2.24) is 20.0 Å². The van der Waals surface area contributed by atoms with Gasteiger partial charge in [-0.3, -0.25) is 9.48 Å². The summed E-state index contributed by atoms with van der Waals surface area (Å²) in [6, 6.07) is 2.36. The molecule has 0 radical (unpaired) electrons. The van der Waals surface area contributed by atoms with Crippen LogP contribution in [0.3, 0.4) is 0 Å². The third-order valence-corrected chi connectivity index (χ3v) is 4.91. The number of hydrogen-bond acceptors (Lipinski definition) is 3. The summed E-state index contributed by atoms with van der Waals surface area (Å²) in [6.45, 7) is 7.83. The number of amides is 1. The SMILES string of the molecule is CCn1nc(C)cc1C(=O)N1CCCC1C1CCNCC1. The Bertz CT molecular complexity index is 504. The number of hydrogen-bond donors (Lipinski definition) is 1. The molecule has 3 heterocycles. The summed E-state index contributed by atoms with van der Waals surface area (Å²) < 4.78 is 1.84. The summed E-state index contributed by atoms with van der Waals surface area (Å²) in [7, 11) is 0. The molecule has 3 rings (SSSR count). The zero-order valence-electron chi connectivity index (χ0n) is 13.1. The minimum absolute atomic E-state index is 0.179. The van der Waals surface area contributed by atoms with Gasteiger partial charge in [-0.15, -0.1) is 0 Å². The van der Waals surface area contributed by atoms with E-state index in [0.29, 0.717) is 12.0 Å². The van der Waals surface area contributed by atoms with Crippen molar-refractivity contribution >= 4 is 5.91 Å². The van der Waals surface area contributed by atoms with Gasteiger partial charge in [-0.05, 0) is 64.6 Å². The van der Waals surface area contributed by atoms with Crippen molar-refractivity contribution in [2.45, 2.75) is 52.1 Å². The Morgan fingerprint density at radius 3 is 2.86 bits per heavy atom. The maximum atomic E-state index is 12.9. The van der Waals surface area contributed by atoms with Crippen LogP contribution in [0.4, 0.5) is 0 Å². The first kappa shape index (κ1) is 14.6. The van der Waals surface area contributed by atoms with E-state index in [1.807, 2.05) is 24.6 Å². The molecule has 1 unspecified atom stereocenters. The van der Waals surface area contributed by atoms with Gasteiger partial charge in [0.1, 0.15) is 5.69 Å². The molecule has 0 spiro atoms. The molecule has 1 aromatic rings. The molecule has 116 valence electrons. The number of piperidine rings is 1. The molecule has 1 N–H and O–H groups in total. The van der Waals surface area contributed by atoms with Crippen LogP contribution < -0.4 is 5.32 Å². The summed E-state index contributed by atoms with van der Waals surface area (Å²) in [4.78, 5) is 15.1. The fourth-order valence-corrected chi connectivity index (χ4v) is 3.87. The molecule has 0 aromatic carbocycles. The predicted octanol–water partition coefficient (Wildman–Crippen LogP) is 1.82. The number of aryl methyl sites for hydroxylation is 2. The van der Waals surface area contributed by atoms with Crippen molar-refractivity contribution in [3.63, 3.8) is 0 Å². The maximum Gasteiger partial charge on any atom is 0.272 e. The third-order valence-electron chi connectivity index (χ3n) is 4.91. The molecule has 1 amide bonds. The average Bonchev–Trinajstić information content (AvgIpc) is 3.13.